The highest BCUT2D eigenvalue weighted by atomic mass is 35.5. The first-order valence-corrected chi connectivity index (χ1v) is 7.27. The number of hydrogen-bond donors (Lipinski definition) is 1. The van der Waals surface area contributed by atoms with E-state index in [1.165, 1.54) is 10.4 Å². The van der Waals surface area contributed by atoms with Crippen molar-refractivity contribution in [2.75, 3.05) is 13.2 Å². The number of benzene rings is 1. The lowest BCUT2D eigenvalue weighted by molar-refractivity contribution is 0.262. The van der Waals surface area contributed by atoms with E-state index < -0.39 is 0 Å². The molecule has 0 radical (unpaired) electrons. The fourth-order valence-electron chi connectivity index (χ4n) is 2.19. The molecule has 0 fully saturated rings. The molecule has 4 heteroatoms. The Morgan fingerprint density at radius 3 is 2.94 bits per heavy atom. The summed E-state index contributed by atoms with van der Waals surface area (Å²) < 4.78 is 5.81. The molecule has 0 aliphatic carbocycles. The third kappa shape index (κ3) is 2.53. The van der Waals surface area contributed by atoms with E-state index in [-0.39, 0.29) is 0 Å². The molecule has 1 aliphatic rings. The van der Waals surface area contributed by atoms with Crippen LogP contribution in [0.3, 0.4) is 0 Å². The molecule has 0 saturated heterocycles. The molecule has 1 N–H and O–H groups in total. The molecule has 1 unspecified atom stereocenters. The van der Waals surface area contributed by atoms with Crippen LogP contribution in [-0.4, -0.2) is 13.2 Å². The maximum absolute atomic E-state index is 5.85. The second kappa shape index (κ2) is 5.31. The van der Waals surface area contributed by atoms with E-state index in [1.807, 2.05) is 35.6 Å². The monoisotopic (exact) mass is 279 g/mol. The molecule has 2 heterocycles. The van der Waals surface area contributed by atoms with Crippen molar-refractivity contribution in [3.05, 3.63) is 51.2 Å². The van der Waals surface area contributed by atoms with Gasteiger partial charge in [0.05, 0.1) is 6.04 Å². The Balaban J connectivity index is 1.66. The van der Waals surface area contributed by atoms with Crippen LogP contribution in [0.25, 0.3) is 0 Å². The summed E-state index contributed by atoms with van der Waals surface area (Å²) in [5.41, 5.74) is 1.39. The van der Waals surface area contributed by atoms with Crippen LogP contribution in [0.5, 0.6) is 5.75 Å². The molecular formula is C14H14ClNOS. The Bertz CT molecular complexity index is 523. The van der Waals surface area contributed by atoms with Gasteiger partial charge in [0.2, 0.25) is 0 Å². The smallest absolute Gasteiger partial charge is 0.119 e. The Hall–Kier alpha value is -1.03. The normalized spacial score (nSPS) is 18.4. The molecule has 0 bridgehead atoms. The van der Waals surface area contributed by atoms with Crippen LogP contribution in [0.1, 0.15) is 16.5 Å². The summed E-state index contributed by atoms with van der Waals surface area (Å²) in [5.74, 6) is 0.864. The molecule has 3 rings (SSSR count). The summed E-state index contributed by atoms with van der Waals surface area (Å²) >= 11 is 7.69. The molecule has 1 aromatic carbocycles. The predicted molar refractivity (Wildman–Crippen MR) is 75.7 cm³/mol. The minimum absolute atomic E-state index is 0.302. The van der Waals surface area contributed by atoms with Crippen molar-refractivity contribution < 1.29 is 4.74 Å². The molecule has 0 spiro atoms. The van der Waals surface area contributed by atoms with Crippen LogP contribution < -0.4 is 10.1 Å². The number of nitrogens with one attached hydrogen (secondary N) is 1. The van der Waals surface area contributed by atoms with E-state index >= 15 is 0 Å². The fourth-order valence-corrected chi connectivity index (χ4v) is 3.26. The van der Waals surface area contributed by atoms with Crippen molar-refractivity contribution in [3.8, 4) is 5.75 Å². The van der Waals surface area contributed by atoms with Crippen molar-refractivity contribution in [2.24, 2.45) is 0 Å². The van der Waals surface area contributed by atoms with Crippen molar-refractivity contribution in [1.82, 2.24) is 5.32 Å². The zero-order valence-electron chi connectivity index (χ0n) is 9.86. The van der Waals surface area contributed by atoms with E-state index in [0.717, 1.165) is 23.7 Å². The van der Waals surface area contributed by atoms with E-state index in [9.17, 15) is 0 Å². The number of fused-ring (bicyclic) bond motifs is 1. The lowest BCUT2D eigenvalue weighted by Crippen LogP contribution is -2.32. The van der Waals surface area contributed by atoms with E-state index in [0.29, 0.717) is 12.6 Å². The minimum Gasteiger partial charge on any atom is -0.492 e. The molecule has 1 atom stereocenters. The summed E-state index contributed by atoms with van der Waals surface area (Å²) in [7, 11) is 0. The molecule has 0 saturated carbocycles. The van der Waals surface area contributed by atoms with Gasteiger partial charge < -0.3 is 10.1 Å². The lowest BCUT2D eigenvalue weighted by Gasteiger charge is -2.24. The van der Waals surface area contributed by atoms with Crippen LogP contribution in [0.15, 0.2) is 35.7 Å². The van der Waals surface area contributed by atoms with Gasteiger partial charge in [-0.1, -0.05) is 11.6 Å². The Morgan fingerprint density at radius 1 is 1.28 bits per heavy atom. The lowest BCUT2D eigenvalue weighted by atomic mass is 10.0. The largest absolute Gasteiger partial charge is 0.492 e. The van der Waals surface area contributed by atoms with Crippen LogP contribution in [0.4, 0.5) is 0 Å². The number of halogens is 1. The van der Waals surface area contributed by atoms with Gasteiger partial charge in [-0.3, -0.25) is 0 Å². The average Bonchev–Trinajstić information content (AvgIpc) is 2.87. The number of rotatable bonds is 3. The second-order valence-electron chi connectivity index (χ2n) is 4.32. The molecule has 2 aromatic rings. The number of hydrogen-bond acceptors (Lipinski definition) is 3. The van der Waals surface area contributed by atoms with Gasteiger partial charge in [0.15, 0.2) is 0 Å². The van der Waals surface area contributed by atoms with Gasteiger partial charge in [-0.2, -0.15) is 0 Å². The first-order chi connectivity index (χ1) is 8.83. The highest BCUT2D eigenvalue weighted by molar-refractivity contribution is 7.10. The van der Waals surface area contributed by atoms with Gasteiger partial charge in [0.25, 0.3) is 0 Å². The number of ether oxygens (including phenoxy) is 1. The Kier molecular flexibility index (Phi) is 3.55. The van der Waals surface area contributed by atoms with E-state index in [4.69, 9.17) is 16.3 Å². The van der Waals surface area contributed by atoms with E-state index in [2.05, 4.69) is 16.8 Å². The van der Waals surface area contributed by atoms with Gasteiger partial charge in [0, 0.05) is 16.4 Å². The van der Waals surface area contributed by atoms with Crippen LogP contribution in [0.2, 0.25) is 5.02 Å². The summed E-state index contributed by atoms with van der Waals surface area (Å²) in [5, 5.41) is 6.39. The fraction of sp³-hybridized carbons (Fsp3) is 0.286. The second-order valence-corrected chi connectivity index (χ2v) is 5.76. The van der Waals surface area contributed by atoms with Gasteiger partial charge in [-0.25, -0.2) is 0 Å². The first-order valence-electron chi connectivity index (χ1n) is 6.01. The van der Waals surface area contributed by atoms with Crippen molar-refractivity contribution >= 4 is 22.9 Å². The standard InChI is InChI=1S/C14H14ClNOS/c15-10-1-3-11(4-2-10)17-9-13-12-6-8-18-14(12)5-7-16-13/h1-4,6,8,13,16H,5,7,9H2. The maximum atomic E-state index is 5.85. The highest BCUT2D eigenvalue weighted by Gasteiger charge is 2.20. The van der Waals surface area contributed by atoms with Gasteiger partial charge >= 0.3 is 0 Å². The van der Waals surface area contributed by atoms with Crippen LogP contribution in [-0.2, 0) is 6.42 Å². The van der Waals surface area contributed by atoms with Gasteiger partial charge in [-0.05, 0) is 47.7 Å². The van der Waals surface area contributed by atoms with Crippen LogP contribution in [0, 0.1) is 0 Å². The third-order valence-corrected chi connectivity index (χ3v) is 4.38. The van der Waals surface area contributed by atoms with Crippen LogP contribution >= 0.6 is 22.9 Å². The maximum Gasteiger partial charge on any atom is 0.119 e. The Morgan fingerprint density at radius 2 is 2.11 bits per heavy atom. The summed E-state index contributed by atoms with van der Waals surface area (Å²) in [6, 6.07) is 10.00. The molecule has 1 aromatic heterocycles. The molecule has 18 heavy (non-hydrogen) atoms. The SMILES string of the molecule is Clc1ccc(OCC2NCCc3sccc32)cc1. The Labute approximate surface area is 116 Å². The highest BCUT2D eigenvalue weighted by Crippen LogP contribution is 2.28. The average molecular weight is 280 g/mol. The molecule has 2 nitrogen and oxygen atoms in total. The summed E-state index contributed by atoms with van der Waals surface area (Å²) in [6.07, 6.45) is 1.13. The molecule has 1 aliphatic heterocycles. The minimum atomic E-state index is 0.302. The molecular weight excluding hydrogens is 266 g/mol. The topological polar surface area (TPSA) is 21.3 Å². The summed E-state index contributed by atoms with van der Waals surface area (Å²) in [4.78, 5) is 1.48. The zero-order valence-corrected chi connectivity index (χ0v) is 11.4. The predicted octanol–water partition coefficient (Wildman–Crippen LogP) is 3.67. The van der Waals surface area contributed by atoms with Gasteiger partial charge in [0.1, 0.15) is 12.4 Å². The quantitative estimate of drug-likeness (QED) is 0.926. The van der Waals surface area contributed by atoms with E-state index in [1.54, 1.807) is 0 Å². The van der Waals surface area contributed by atoms with Crippen molar-refractivity contribution in [1.29, 1.82) is 0 Å². The summed E-state index contributed by atoms with van der Waals surface area (Å²) in [6.45, 7) is 1.69. The number of thiophene rings is 1. The molecule has 94 valence electrons. The van der Waals surface area contributed by atoms with Crippen molar-refractivity contribution in [2.45, 2.75) is 12.5 Å². The molecule has 0 amide bonds. The van der Waals surface area contributed by atoms with Crippen molar-refractivity contribution in [3.63, 3.8) is 0 Å². The first kappa shape index (κ1) is 12.0. The van der Waals surface area contributed by atoms with Gasteiger partial charge in [-0.15, -0.1) is 11.3 Å². The zero-order chi connectivity index (χ0) is 12.4. The third-order valence-electron chi connectivity index (χ3n) is 3.13.